The fourth-order valence-electron chi connectivity index (χ4n) is 5.99. The van der Waals surface area contributed by atoms with Crippen LogP contribution in [0.3, 0.4) is 0 Å². The van der Waals surface area contributed by atoms with Crippen molar-refractivity contribution in [3.05, 3.63) is 0 Å². The molecular formula is C26H48O7Sn. The Balaban J connectivity index is 2.04. The third kappa shape index (κ3) is 6.49. The van der Waals surface area contributed by atoms with Crippen LogP contribution in [0.25, 0.3) is 0 Å². The van der Waals surface area contributed by atoms with Gasteiger partial charge in [0, 0.05) is 0 Å². The molecule has 198 valence electrons. The first-order valence-electron chi connectivity index (χ1n) is 13.5. The molecule has 0 aromatic heterocycles. The predicted octanol–water partition coefficient (Wildman–Crippen LogP) is 5.70. The van der Waals surface area contributed by atoms with Gasteiger partial charge in [0.25, 0.3) is 0 Å². The molecule has 34 heavy (non-hydrogen) atoms. The van der Waals surface area contributed by atoms with E-state index in [0.717, 1.165) is 19.3 Å². The molecule has 3 heterocycles. The van der Waals surface area contributed by atoms with Crippen LogP contribution < -0.4 is 0 Å². The molecule has 3 fully saturated rings. The van der Waals surface area contributed by atoms with Crippen LogP contribution in [-0.2, 0) is 33.2 Å². The van der Waals surface area contributed by atoms with Crippen molar-refractivity contribution < 1.29 is 33.2 Å². The van der Waals surface area contributed by atoms with Gasteiger partial charge in [-0.1, -0.05) is 0 Å². The van der Waals surface area contributed by atoms with Crippen LogP contribution in [0.1, 0.15) is 93.9 Å². The fourth-order valence-corrected chi connectivity index (χ4v) is 23.6. The molecule has 8 heteroatoms. The number of unbranched alkanes of at least 4 members (excludes halogenated alkanes) is 3. The molecule has 3 rings (SSSR count). The zero-order valence-electron chi connectivity index (χ0n) is 22.7. The molecule has 3 aliphatic heterocycles. The number of hydrogen-bond donors (Lipinski definition) is 0. The van der Waals surface area contributed by atoms with E-state index in [0.29, 0.717) is 0 Å². The van der Waals surface area contributed by atoms with Gasteiger partial charge in [-0.25, -0.2) is 0 Å². The summed E-state index contributed by atoms with van der Waals surface area (Å²) in [5.74, 6) is -1.77. The number of carbonyl (C=O) groups is 1. The van der Waals surface area contributed by atoms with Gasteiger partial charge in [-0.3, -0.25) is 0 Å². The molecule has 0 saturated carbocycles. The summed E-state index contributed by atoms with van der Waals surface area (Å²) in [6, 6.07) is 0. The van der Waals surface area contributed by atoms with Crippen molar-refractivity contribution in [3.63, 3.8) is 0 Å². The van der Waals surface area contributed by atoms with Crippen molar-refractivity contribution in [2.45, 2.75) is 154 Å². The summed E-state index contributed by atoms with van der Waals surface area (Å²) in [4.78, 5) is 12.5. The second kappa shape index (κ2) is 11.6. The molecule has 3 aliphatic rings. The Kier molecular flexibility index (Phi) is 9.80. The molecule has 1 unspecified atom stereocenters. The van der Waals surface area contributed by atoms with Crippen molar-refractivity contribution in [3.8, 4) is 0 Å². The summed E-state index contributed by atoms with van der Waals surface area (Å²) in [5, 5.41) is 0. The maximum absolute atomic E-state index is 12.5. The second-order valence-electron chi connectivity index (χ2n) is 11.3. The maximum atomic E-state index is 12.5. The SMILES string of the molecule is CCC[CH2][Sn]([CH2]CCC)([CH2]CCC)[CH](OC(C)=O)[C@H]1O[C@@H]2OC(C)(C)O[C@@H]2[C@H]2OC(C)(C)O[C@H]21. The molecule has 3 saturated heterocycles. The van der Waals surface area contributed by atoms with Crippen LogP contribution >= 0.6 is 0 Å². The van der Waals surface area contributed by atoms with E-state index >= 15 is 0 Å². The molecule has 0 N–H and O–H groups in total. The van der Waals surface area contributed by atoms with E-state index in [9.17, 15) is 4.79 Å². The van der Waals surface area contributed by atoms with Gasteiger partial charge in [0.05, 0.1) is 0 Å². The van der Waals surface area contributed by atoms with Crippen LogP contribution in [0.5, 0.6) is 0 Å². The first kappa shape index (κ1) is 28.6. The van der Waals surface area contributed by atoms with E-state index < -0.39 is 42.3 Å². The predicted molar refractivity (Wildman–Crippen MR) is 133 cm³/mol. The Bertz CT molecular complexity index is 660. The van der Waals surface area contributed by atoms with E-state index in [1.807, 2.05) is 27.7 Å². The molecule has 0 spiro atoms. The van der Waals surface area contributed by atoms with Gasteiger partial charge < -0.3 is 0 Å². The van der Waals surface area contributed by atoms with Crippen LogP contribution in [0.2, 0.25) is 13.3 Å². The average Bonchev–Trinajstić information content (AvgIpc) is 3.25. The zero-order valence-corrected chi connectivity index (χ0v) is 25.5. The fraction of sp³-hybridized carbons (Fsp3) is 0.962. The molecule has 7 nitrogen and oxygen atoms in total. The first-order chi connectivity index (χ1) is 16.0. The number of hydrogen-bond acceptors (Lipinski definition) is 7. The summed E-state index contributed by atoms with van der Waals surface area (Å²) < 4.78 is 41.6. The van der Waals surface area contributed by atoms with Gasteiger partial charge in [-0.2, -0.15) is 0 Å². The Morgan fingerprint density at radius 1 is 0.794 bits per heavy atom. The van der Waals surface area contributed by atoms with Crippen molar-refractivity contribution >= 4 is 24.3 Å². The van der Waals surface area contributed by atoms with Crippen LogP contribution in [0.15, 0.2) is 0 Å². The van der Waals surface area contributed by atoms with Gasteiger partial charge in [-0.15, -0.1) is 0 Å². The van der Waals surface area contributed by atoms with E-state index in [4.69, 9.17) is 28.4 Å². The molecule has 0 aromatic rings. The molecule has 0 aromatic carbocycles. The topological polar surface area (TPSA) is 72.5 Å². The normalized spacial score (nSPS) is 32.8. The Hall–Kier alpha value is 0.0687. The van der Waals surface area contributed by atoms with Crippen molar-refractivity contribution in [1.82, 2.24) is 0 Å². The number of rotatable bonds is 12. The third-order valence-electron chi connectivity index (χ3n) is 7.47. The summed E-state index contributed by atoms with van der Waals surface area (Å²) in [6.45, 7) is 15.9. The van der Waals surface area contributed by atoms with Crippen molar-refractivity contribution in [1.29, 1.82) is 0 Å². The van der Waals surface area contributed by atoms with Crippen molar-refractivity contribution in [2.24, 2.45) is 0 Å². The minimum atomic E-state index is -3.11. The first-order valence-corrected chi connectivity index (χ1v) is 21.2. The molecule has 6 atom stereocenters. The molecule has 0 amide bonds. The summed E-state index contributed by atoms with van der Waals surface area (Å²) in [5.41, 5.74) is 0. The van der Waals surface area contributed by atoms with E-state index in [1.54, 1.807) is 0 Å². The molecule has 0 bridgehead atoms. The molecular weight excluding hydrogens is 543 g/mol. The number of esters is 1. The van der Waals surface area contributed by atoms with Gasteiger partial charge >= 0.3 is 211 Å². The Morgan fingerprint density at radius 3 is 1.76 bits per heavy atom. The summed E-state index contributed by atoms with van der Waals surface area (Å²) in [6.07, 6.45) is 4.90. The van der Waals surface area contributed by atoms with E-state index in [-0.39, 0.29) is 28.4 Å². The minimum absolute atomic E-state index is 0.236. The average molecular weight is 591 g/mol. The molecule has 0 radical (unpaired) electrons. The number of carbonyl (C=O) groups excluding carboxylic acids is 1. The summed E-state index contributed by atoms with van der Waals surface area (Å²) >= 11 is -3.11. The van der Waals surface area contributed by atoms with Crippen LogP contribution in [-0.4, -0.2) is 70.7 Å². The summed E-state index contributed by atoms with van der Waals surface area (Å²) in [7, 11) is 0. The van der Waals surface area contributed by atoms with Gasteiger partial charge in [0.15, 0.2) is 0 Å². The van der Waals surface area contributed by atoms with Gasteiger partial charge in [0.2, 0.25) is 0 Å². The van der Waals surface area contributed by atoms with E-state index in [1.165, 1.54) is 39.5 Å². The Morgan fingerprint density at radius 2 is 1.26 bits per heavy atom. The van der Waals surface area contributed by atoms with Crippen LogP contribution in [0.4, 0.5) is 0 Å². The van der Waals surface area contributed by atoms with Gasteiger partial charge in [0.1, 0.15) is 0 Å². The van der Waals surface area contributed by atoms with E-state index in [2.05, 4.69) is 20.8 Å². The number of fused-ring (bicyclic) bond motifs is 3. The quantitative estimate of drug-likeness (QED) is 0.213. The molecule has 0 aliphatic carbocycles. The zero-order chi connectivity index (χ0) is 25.1. The van der Waals surface area contributed by atoms with Crippen molar-refractivity contribution in [2.75, 3.05) is 0 Å². The third-order valence-corrected chi connectivity index (χ3v) is 23.7. The monoisotopic (exact) mass is 592 g/mol. The Labute approximate surface area is 210 Å². The standard InChI is InChI=1S/C14H21O7.3C4H9.Sn/c1-7(15)16-6-8-9-10(19-13(2,3)18-9)11-12(17-8)21-14(4,5)20-11;3*1-3-4-2;/h6,8-12H,1-5H3;3*1,3-4H2,2H3;/t8-,9+,10+,11-,12-;;;;/m1..../s1. The second-order valence-corrected chi connectivity index (χ2v) is 25.0. The number of ether oxygens (including phenoxy) is 6. The van der Waals surface area contributed by atoms with Crippen LogP contribution in [0, 0.1) is 0 Å². The van der Waals surface area contributed by atoms with Gasteiger partial charge in [-0.05, 0) is 0 Å².